The maximum atomic E-state index is 11.7. The van der Waals surface area contributed by atoms with E-state index in [0.29, 0.717) is 12.3 Å². The summed E-state index contributed by atoms with van der Waals surface area (Å²) in [6, 6.07) is 3.63. The molecule has 2 rings (SSSR count). The Balaban J connectivity index is 2.47. The molecule has 2 aromatic rings. The lowest BCUT2D eigenvalue weighted by Gasteiger charge is -2.03. The number of hydrogen-bond acceptors (Lipinski definition) is 5. The first-order valence-electron chi connectivity index (χ1n) is 5.21. The van der Waals surface area contributed by atoms with Gasteiger partial charge in [-0.1, -0.05) is 5.21 Å². The number of carbonyl (C=O) groups excluding carboxylic acids is 1. The van der Waals surface area contributed by atoms with Gasteiger partial charge in [-0.25, -0.2) is 9.48 Å². The molecule has 0 atom stereocenters. The minimum absolute atomic E-state index is 0.211. The second-order valence-electron chi connectivity index (χ2n) is 3.37. The Hall–Kier alpha value is -2.24. The molecule has 0 unspecified atom stereocenters. The van der Waals surface area contributed by atoms with Crippen LogP contribution in [0.1, 0.15) is 17.4 Å². The zero-order valence-electron chi connectivity index (χ0n) is 9.62. The fraction of sp³-hybridized carbons (Fsp3) is 0.273. The monoisotopic (exact) mass is 232 g/mol. The van der Waals surface area contributed by atoms with Gasteiger partial charge in [-0.3, -0.25) is 4.98 Å². The van der Waals surface area contributed by atoms with Crippen molar-refractivity contribution < 1.29 is 9.53 Å². The minimum atomic E-state index is -0.473. The van der Waals surface area contributed by atoms with Crippen LogP contribution in [-0.4, -0.2) is 32.6 Å². The van der Waals surface area contributed by atoms with Gasteiger partial charge in [-0.15, -0.1) is 5.10 Å². The van der Waals surface area contributed by atoms with E-state index >= 15 is 0 Å². The summed E-state index contributed by atoms with van der Waals surface area (Å²) in [6.07, 6.45) is 3.32. The van der Waals surface area contributed by atoms with Gasteiger partial charge in [-0.2, -0.15) is 0 Å². The van der Waals surface area contributed by atoms with Crippen molar-refractivity contribution in [3.05, 3.63) is 30.2 Å². The van der Waals surface area contributed by atoms with Gasteiger partial charge >= 0.3 is 5.97 Å². The highest BCUT2D eigenvalue weighted by Gasteiger charge is 2.20. The molecule has 2 aromatic heterocycles. The van der Waals surface area contributed by atoms with Crippen LogP contribution in [0, 0.1) is 0 Å². The third-order valence-electron chi connectivity index (χ3n) is 2.23. The Labute approximate surface area is 98.2 Å². The Morgan fingerprint density at radius 3 is 3.00 bits per heavy atom. The summed E-state index contributed by atoms with van der Waals surface area (Å²) in [5, 5.41) is 7.66. The van der Waals surface area contributed by atoms with Gasteiger partial charge in [0.15, 0.2) is 5.69 Å². The molecule has 0 amide bonds. The quantitative estimate of drug-likeness (QED) is 0.740. The molecule has 6 nitrogen and oxygen atoms in total. The lowest BCUT2D eigenvalue weighted by Crippen LogP contribution is -2.07. The highest BCUT2D eigenvalue weighted by atomic mass is 16.5. The van der Waals surface area contributed by atoms with Crippen LogP contribution in [0.25, 0.3) is 11.3 Å². The summed E-state index contributed by atoms with van der Waals surface area (Å²) in [5.74, 6) is -0.473. The SMILES string of the molecule is CCOC(=O)c1nnn(C)c1-c1cccnc1. The Kier molecular flexibility index (Phi) is 3.13. The molecule has 0 saturated heterocycles. The highest BCUT2D eigenvalue weighted by Crippen LogP contribution is 2.20. The lowest BCUT2D eigenvalue weighted by molar-refractivity contribution is 0.0520. The number of pyridine rings is 1. The number of carbonyl (C=O) groups is 1. The number of ether oxygens (including phenoxy) is 1. The van der Waals surface area contributed by atoms with Crippen molar-refractivity contribution in [2.24, 2.45) is 7.05 Å². The molecule has 0 saturated carbocycles. The Bertz CT molecular complexity index is 522. The third-order valence-corrected chi connectivity index (χ3v) is 2.23. The topological polar surface area (TPSA) is 69.9 Å². The maximum absolute atomic E-state index is 11.7. The molecule has 6 heteroatoms. The van der Waals surface area contributed by atoms with Crippen LogP contribution >= 0.6 is 0 Å². The van der Waals surface area contributed by atoms with Gasteiger partial charge in [-0.05, 0) is 19.1 Å². The number of esters is 1. The van der Waals surface area contributed by atoms with Crippen molar-refractivity contribution in [1.29, 1.82) is 0 Å². The van der Waals surface area contributed by atoms with Crippen molar-refractivity contribution in [3.63, 3.8) is 0 Å². The fourth-order valence-electron chi connectivity index (χ4n) is 1.52. The zero-order valence-corrected chi connectivity index (χ0v) is 9.62. The summed E-state index contributed by atoms with van der Waals surface area (Å²) < 4.78 is 6.46. The molecule has 0 N–H and O–H groups in total. The van der Waals surface area contributed by atoms with E-state index in [-0.39, 0.29) is 5.69 Å². The van der Waals surface area contributed by atoms with E-state index in [2.05, 4.69) is 15.3 Å². The summed E-state index contributed by atoms with van der Waals surface area (Å²) >= 11 is 0. The molecule has 0 aliphatic rings. The molecule has 0 aliphatic carbocycles. The lowest BCUT2D eigenvalue weighted by atomic mass is 10.1. The van der Waals surface area contributed by atoms with Crippen LogP contribution < -0.4 is 0 Å². The van der Waals surface area contributed by atoms with Crippen LogP contribution in [0.5, 0.6) is 0 Å². The highest BCUT2D eigenvalue weighted by molar-refractivity contribution is 5.93. The normalized spacial score (nSPS) is 10.2. The average Bonchev–Trinajstić information content (AvgIpc) is 2.73. The van der Waals surface area contributed by atoms with E-state index in [1.807, 2.05) is 6.07 Å². The number of nitrogens with zero attached hydrogens (tertiary/aromatic N) is 4. The van der Waals surface area contributed by atoms with Crippen molar-refractivity contribution in [3.8, 4) is 11.3 Å². The van der Waals surface area contributed by atoms with Crippen molar-refractivity contribution in [2.45, 2.75) is 6.92 Å². The van der Waals surface area contributed by atoms with Crippen LogP contribution in [-0.2, 0) is 11.8 Å². The average molecular weight is 232 g/mol. The second kappa shape index (κ2) is 4.73. The first kappa shape index (κ1) is 11.3. The molecule has 0 aliphatic heterocycles. The predicted octanol–water partition coefficient (Wildman–Crippen LogP) is 1.05. The van der Waals surface area contributed by atoms with Crippen molar-refractivity contribution in [2.75, 3.05) is 6.61 Å². The van der Waals surface area contributed by atoms with Crippen molar-refractivity contribution >= 4 is 5.97 Å². The van der Waals surface area contributed by atoms with E-state index in [1.54, 1.807) is 32.4 Å². The maximum Gasteiger partial charge on any atom is 0.361 e. The van der Waals surface area contributed by atoms with E-state index in [4.69, 9.17) is 4.74 Å². The van der Waals surface area contributed by atoms with Gasteiger partial charge < -0.3 is 4.74 Å². The molecular formula is C11H12N4O2. The minimum Gasteiger partial charge on any atom is -0.461 e. The largest absolute Gasteiger partial charge is 0.461 e. The smallest absolute Gasteiger partial charge is 0.361 e. The first-order chi connectivity index (χ1) is 8.24. The van der Waals surface area contributed by atoms with Crippen LogP contribution in [0.15, 0.2) is 24.5 Å². The Morgan fingerprint density at radius 2 is 2.35 bits per heavy atom. The molecule has 0 radical (unpaired) electrons. The Morgan fingerprint density at radius 1 is 1.53 bits per heavy atom. The number of hydrogen-bond donors (Lipinski definition) is 0. The van der Waals surface area contributed by atoms with Gasteiger partial charge in [0.1, 0.15) is 5.69 Å². The van der Waals surface area contributed by atoms with Gasteiger partial charge in [0, 0.05) is 25.0 Å². The summed E-state index contributed by atoms with van der Waals surface area (Å²) in [5.41, 5.74) is 1.60. The first-order valence-corrected chi connectivity index (χ1v) is 5.21. The van der Waals surface area contributed by atoms with E-state index in [0.717, 1.165) is 5.56 Å². The molecule has 0 aromatic carbocycles. The molecule has 88 valence electrons. The summed E-state index contributed by atoms with van der Waals surface area (Å²) in [7, 11) is 1.72. The van der Waals surface area contributed by atoms with E-state index in [1.165, 1.54) is 4.68 Å². The van der Waals surface area contributed by atoms with Crippen molar-refractivity contribution in [1.82, 2.24) is 20.0 Å². The molecule has 17 heavy (non-hydrogen) atoms. The molecule has 2 heterocycles. The number of aromatic nitrogens is 4. The molecular weight excluding hydrogens is 220 g/mol. The zero-order chi connectivity index (χ0) is 12.3. The molecule has 0 bridgehead atoms. The standard InChI is InChI=1S/C11H12N4O2/c1-3-17-11(16)9-10(15(2)14-13-9)8-5-4-6-12-7-8/h4-7H,3H2,1-2H3. The summed E-state index contributed by atoms with van der Waals surface area (Å²) in [4.78, 5) is 15.7. The van der Waals surface area contributed by atoms with E-state index < -0.39 is 5.97 Å². The molecule has 0 fully saturated rings. The van der Waals surface area contributed by atoms with Gasteiger partial charge in [0.2, 0.25) is 0 Å². The number of aryl methyl sites for hydroxylation is 1. The van der Waals surface area contributed by atoms with Gasteiger partial charge in [0.05, 0.1) is 6.61 Å². The predicted molar refractivity (Wildman–Crippen MR) is 60.2 cm³/mol. The van der Waals surface area contributed by atoms with Crippen LogP contribution in [0.4, 0.5) is 0 Å². The fourth-order valence-corrected chi connectivity index (χ4v) is 1.52. The van der Waals surface area contributed by atoms with Crippen LogP contribution in [0.2, 0.25) is 0 Å². The molecule has 0 spiro atoms. The van der Waals surface area contributed by atoms with Crippen LogP contribution in [0.3, 0.4) is 0 Å². The number of rotatable bonds is 3. The second-order valence-corrected chi connectivity index (χ2v) is 3.37. The third kappa shape index (κ3) is 2.15. The van der Waals surface area contributed by atoms with Gasteiger partial charge in [0.25, 0.3) is 0 Å². The van der Waals surface area contributed by atoms with E-state index in [9.17, 15) is 4.79 Å². The summed E-state index contributed by atoms with van der Waals surface area (Å²) in [6.45, 7) is 2.06.